The van der Waals surface area contributed by atoms with Crippen molar-refractivity contribution in [2.45, 2.75) is 30.7 Å². The lowest BCUT2D eigenvalue weighted by molar-refractivity contribution is -0.136. The predicted octanol–water partition coefficient (Wildman–Crippen LogP) is 2.90. The quantitative estimate of drug-likeness (QED) is 0.714. The Morgan fingerprint density at radius 1 is 1.31 bits per heavy atom. The molecule has 2 aromatic rings. The maximum Gasteiger partial charge on any atom is 0.262 e. The number of carbonyl (C=O) groups excluding carboxylic acids is 1. The maximum absolute atomic E-state index is 15.8. The highest BCUT2D eigenvalue weighted by molar-refractivity contribution is 7.90. The van der Waals surface area contributed by atoms with Gasteiger partial charge in [0, 0.05) is 34.6 Å². The summed E-state index contributed by atoms with van der Waals surface area (Å²) in [5.41, 5.74) is -4.05. The molecule has 1 amide bonds. The van der Waals surface area contributed by atoms with Gasteiger partial charge in [-0.05, 0) is 36.6 Å². The van der Waals surface area contributed by atoms with E-state index in [9.17, 15) is 18.3 Å². The molecule has 156 valence electrons. The first kappa shape index (κ1) is 22.0. The minimum absolute atomic E-state index is 0.0241. The lowest BCUT2D eigenvalue weighted by Crippen LogP contribution is -2.49. The van der Waals surface area contributed by atoms with Gasteiger partial charge in [-0.15, -0.1) is 0 Å². The number of rotatable bonds is 5. The van der Waals surface area contributed by atoms with Gasteiger partial charge < -0.3 is 10.4 Å². The molecule has 0 bridgehead atoms. The lowest BCUT2D eigenvalue weighted by Gasteiger charge is -2.39. The summed E-state index contributed by atoms with van der Waals surface area (Å²) in [6.45, 7) is -0.0241. The molecule has 0 saturated heterocycles. The Morgan fingerprint density at radius 2 is 2.03 bits per heavy atom. The zero-order valence-electron chi connectivity index (χ0n) is 15.5. The summed E-state index contributed by atoms with van der Waals surface area (Å²) in [5, 5.41) is 14.2. The number of pyridine rings is 1. The van der Waals surface area contributed by atoms with Crippen molar-refractivity contribution in [3.63, 3.8) is 0 Å². The van der Waals surface area contributed by atoms with Gasteiger partial charge >= 0.3 is 0 Å². The van der Waals surface area contributed by atoms with Crippen molar-refractivity contribution < 1.29 is 22.7 Å². The summed E-state index contributed by atoms with van der Waals surface area (Å²) in [4.78, 5) is 16.8. The number of alkyl halides is 1. The normalized spacial score (nSPS) is 24.0. The highest BCUT2D eigenvalue weighted by atomic mass is 35.5. The van der Waals surface area contributed by atoms with Gasteiger partial charge in [0.05, 0.1) is 11.4 Å². The summed E-state index contributed by atoms with van der Waals surface area (Å²) in [7, 11) is -3.58. The van der Waals surface area contributed by atoms with Gasteiger partial charge in [0.1, 0.15) is 5.60 Å². The number of sulfone groups is 1. The summed E-state index contributed by atoms with van der Waals surface area (Å²) < 4.78 is 39.3. The lowest BCUT2D eigenvalue weighted by atomic mass is 9.75. The second kappa shape index (κ2) is 7.83. The molecule has 6 nitrogen and oxygen atoms in total. The standard InChI is InChI=1S/C19H19Cl2FN2O4S/c1-29(27,28)11-18(26)6-7-19(22,14-3-2-8-23-16(14)18)17(25)24-10-12-4-5-13(20)9-15(12)21/h2-5,8-9,26H,6-7,10-11H2,1H3,(H,24,25)/t18-,19-/m0/s1. The molecule has 1 aromatic heterocycles. The van der Waals surface area contributed by atoms with E-state index in [-0.39, 0.29) is 24.2 Å². The van der Waals surface area contributed by atoms with Gasteiger partial charge in [-0.25, -0.2) is 12.8 Å². The van der Waals surface area contributed by atoms with Gasteiger partial charge in [-0.1, -0.05) is 35.3 Å². The van der Waals surface area contributed by atoms with Gasteiger partial charge in [0.2, 0.25) is 5.67 Å². The van der Waals surface area contributed by atoms with E-state index >= 15 is 4.39 Å². The first-order valence-corrected chi connectivity index (χ1v) is 11.5. The summed E-state index contributed by atoms with van der Waals surface area (Å²) in [6.07, 6.45) is 1.64. The Morgan fingerprint density at radius 3 is 2.69 bits per heavy atom. The van der Waals surface area contributed by atoms with E-state index in [0.29, 0.717) is 15.6 Å². The number of nitrogens with zero attached hydrogens (tertiary/aromatic N) is 1. The molecule has 0 radical (unpaired) electrons. The number of hydrogen-bond donors (Lipinski definition) is 2. The molecule has 2 atom stereocenters. The number of nitrogens with one attached hydrogen (secondary N) is 1. The van der Waals surface area contributed by atoms with Crippen LogP contribution in [0.1, 0.15) is 29.7 Å². The van der Waals surface area contributed by atoms with E-state index in [1.807, 2.05) is 0 Å². The van der Waals surface area contributed by atoms with Crippen LogP contribution in [0.4, 0.5) is 4.39 Å². The van der Waals surface area contributed by atoms with Gasteiger partial charge in [-0.2, -0.15) is 0 Å². The molecule has 1 heterocycles. The number of halogens is 3. The molecule has 10 heteroatoms. The fraction of sp³-hybridized carbons (Fsp3) is 0.368. The van der Waals surface area contributed by atoms with Gasteiger partial charge in [-0.3, -0.25) is 9.78 Å². The van der Waals surface area contributed by atoms with Crippen LogP contribution in [0.3, 0.4) is 0 Å². The smallest absolute Gasteiger partial charge is 0.262 e. The van der Waals surface area contributed by atoms with E-state index in [2.05, 4.69) is 10.3 Å². The molecular formula is C19H19Cl2FN2O4S. The van der Waals surface area contributed by atoms with Crippen molar-refractivity contribution in [1.29, 1.82) is 0 Å². The van der Waals surface area contributed by atoms with Crippen molar-refractivity contribution in [3.8, 4) is 0 Å². The zero-order chi connectivity index (χ0) is 21.4. The third-order valence-corrected chi connectivity index (χ3v) is 6.46. The Bertz CT molecular complexity index is 1070. The first-order valence-electron chi connectivity index (χ1n) is 8.72. The highest BCUT2D eigenvalue weighted by Gasteiger charge is 2.52. The van der Waals surface area contributed by atoms with Crippen LogP contribution in [0.15, 0.2) is 36.5 Å². The second-order valence-electron chi connectivity index (χ2n) is 7.22. The molecule has 0 saturated carbocycles. The molecule has 1 aliphatic rings. The average Bonchev–Trinajstić information content (AvgIpc) is 2.63. The van der Waals surface area contributed by atoms with Crippen molar-refractivity contribution in [2.75, 3.05) is 12.0 Å². The summed E-state index contributed by atoms with van der Waals surface area (Å²) in [6, 6.07) is 7.51. The number of benzene rings is 1. The average molecular weight is 461 g/mol. The molecule has 0 unspecified atom stereocenters. The Hall–Kier alpha value is -1.74. The molecule has 1 aliphatic carbocycles. The number of amides is 1. The molecule has 0 aliphatic heterocycles. The topological polar surface area (TPSA) is 96.4 Å². The zero-order valence-corrected chi connectivity index (χ0v) is 17.8. The molecule has 0 fully saturated rings. The monoisotopic (exact) mass is 460 g/mol. The number of aliphatic hydroxyl groups is 1. The largest absolute Gasteiger partial charge is 0.382 e. The second-order valence-corrected chi connectivity index (χ2v) is 10.2. The number of aromatic nitrogens is 1. The van der Waals surface area contributed by atoms with Crippen LogP contribution in [0.25, 0.3) is 0 Å². The van der Waals surface area contributed by atoms with E-state index in [1.165, 1.54) is 24.4 Å². The highest BCUT2D eigenvalue weighted by Crippen LogP contribution is 2.45. The fourth-order valence-electron chi connectivity index (χ4n) is 3.52. The fourth-order valence-corrected chi connectivity index (χ4v) is 5.14. The minimum atomic E-state index is -3.58. The van der Waals surface area contributed by atoms with E-state index < -0.39 is 39.2 Å². The predicted molar refractivity (Wildman–Crippen MR) is 108 cm³/mol. The van der Waals surface area contributed by atoms with Gasteiger partial charge in [0.25, 0.3) is 5.91 Å². The minimum Gasteiger partial charge on any atom is -0.382 e. The molecule has 29 heavy (non-hydrogen) atoms. The number of hydrogen-bond acceptors (Lipinski definition) is 5. The Labute approximate surface area is 178 Å². The molecule has 3 rings (SSSR count). The van der Waals surface area contributed by atoms with Crippen LogP contribution < -0.4 is 5.32 Å². The van der Waals surface area contributed by atoms with E-state index in [0.717, 1.165) is 6.26 Å². The summed E-state index contributed by atoms with van der Waals surface area (Å²) in [5.74, 6) is -1.53. The molecule has 0 spiro atoms. The van der Waals surface area contributed by atoms with Crippen LogP contribution in [0.2, 0.25) is 10.0 Å². The maximum atomic E-state index is 15.8. The Kier molecular flexibility index (Phi) is 5.93. The molecule has 1 aromatic carbocycles. The van der Waals surface area contributed by atoms with Crippen LogP contribution in [-0.4, -0.2) is 36.4 Å². The van der Waals surface area contributed by atoms with E-state index in [1.54, 1.807) is 12.1 Å². The van der Waals surface area contributed by atoms with Crippen LogP contribution in [0.5, 0.6) is 0 Å². The van der Waals surface area contributed by atoms with Crippen LogP contribution >= 0.6 is 23.2 Å². The van der Waals surface area contributed by atoms with Crippen molar-refractivity contribution in [1.82, 2.24) is 10.3 Å². The third kappa shape index (κ3) is 4.55. The van der Waals surface area contributed by atoms with Crippen molar-refractivity contribution in [3.05, 3.63) is 63.4 Å². The third-order valence-electron chi connectivity index (χ3n) is 4.87. The molecular weight excluding hydrogens is 442 g/mol. The van der Waals surface area contributed by atoms with Crippen molar-refractivity contribution in [2.24, 2.45) is 0 Å². The summed E-state index contributed by atoms with van der Waals surface area (Å²) >= 11 is 11.9. The number of carbonyl (C=O) groups is 1. The SMILES string of the molecule is CS(=O)(=O)C[C@@]1(O)CC[C@@](F)(C(=O)NCc2ccc(Cl)cc2Cl)c2cccnc21. The molecule has 2 N–H and O–H groups in total. The van der Waals surface area contributed by atoms with Crippen LogP contribution in [-0.2, 0) is 32.4 Å². The first-order chi connectivity index (χ1) is 13.4. The van der Waals surface area contributed by atoms with Crippen molar-refractivity contribution >= 4 is 38.9 Å². The Balaban J connectivity index is 1.89. The van der Waals surface area contributed by atoms with Gasteiger partial charge in [0.15, 0.2) is 9.84 Å². The van der Waals surface area contributed by atoms with Crippen LogP contribution in [0, 0.1) is 0 Å². The number of fused-ring (bicyclic) bond motifs is 1. The van der Waals surface area contributed by atoms with E-state index in [4.69, 9.17) is 23.2 Å².